The van der Waals surface area contributed by atoms with E-state index in [1.807, 2.05) is 20.8 Å². The van der Waals surface area contributed by atoms with E-state index in [1.54, 1.807) is 0 Å². The first kappa shape index (κ1) is 10.0. The van der Waals surface area contributed by atoms with Gasteiger partial charge in [0.05, 0.1) is 5.56 Å². The molecule has 0 radical (unpaired) electrons. The summed E-state index contributed by atoms with van der Waals surface area (Å²) in [7, 11) is 0. The van der Waals surface area contributed by atoms with Crippen molar-refractivity contribution in [2.45, 2.75) is 27.2 Å². The molecular weight excluding hydrogens is 184 g/mol. The molecule has 0 saturated carbocycles. The van der Waals surface area contributed by atoms with Crippen LogP contribution >= 0.6 is 11.6 Å². The molecule has 0 amide bonds. The highest BCUT2D eigenvalue weighted by Crippen LogP contribution is 2.22. The van der Waals surface area contributed by atoms with Gasteiger partial charge in [0.15, 0.2) is 0 Å². The van der Waals surface area contributed by atoms with E-state index in [0.29, 0.717) is 10.7 Å². The average molecular weight is 195 g/mol. The van der Waals surface area contributed by atoms with Crippen molar-refractivity contribution in [3.63, 3.8) is 0 Å². The second-order valence-corrected chi connectivity index (χ2v) is 3.29. The number of hydrogen-bond donors (Lipinski definition) is 0. The average Bonchev–Trinajstić information content (AvgIpc) is 2.04. The van der Waals surface area contributed by atoms with Gasteiger partial charge in [-0.05, 0) is 31.4 Å². The van der Waals surface area contributed by atoms with Crippen LogP contribution in [0, 0.1) is 25.2 Å². The second-order valence-electron chi connectivity index (χ2n) is 2.93. The highest BCUT2D eigenvalue weighted by Gasteiger charge is 2.11. The summed E-state index contributed by atoms with van der Waals surface area (Å²) in [6.45, 7) is 5.88. The molecule has 0 saturated heterocycles. The number of aryl methyl sites for hydroxylation is 1. The van der Waals surface area contributed by atoms with Crippen LogP contribution in [0.4, 0.5) is 0 Å². The van der Waals surface area contributed by atoms with E-state index in [0.717, 1.165) is 23.2 Å². The Labute approximate surface area is 83.2 Å². The third-order valence-electron chi connectivity index (χ3n) is 2.20. The quantitative estimate of drug-likeness (QED) is 0.645. The number of hydrogen-bond acceptors (Lipinski definition) is 2. The van der Waals surface area contributed by atoms with E-state index in [4.69, 9.17) is 16.9 Å². The van der Waals surface area contributed by atoms with Gasteiger partial charge in [-0.3, -0.25) is 0 Å². The zero-order chi connectivity index (χ0) is 10.0. The minimum Gasteiger partial charge on any atom is -0.240 e. The molecule has 1 aromatic heterocycles. The Morgan fingerprint density at radius 1 is 1.46 bits per heavy atom. The summed E-state index contributed by atoms with van der Waals surface area (Å²) >= 11 is 5.83. The van der Waals surface area contributed by atoms with Gasteiger partial charge in [-0.15, -0.1) is 0 Å². The number of rotatable bonds is 1. The van der Waals surface area contributed by atoms with Crippen LogP contribution in [0.5, 0.6) is 0 Å². The second kappa shape index (κ2) is 3.76. The van der Waals surface area contributed by atoms with Crippen molar-refractivity contribution in [3.05, 3.63) is 27.5 Å². The van der Waals surface area contributed by atoms with E-state index in [9.17, 15) is 0 Å². The lowest BCUT2D eigenvalue weighted by Gasteiger charge is -2.09. The number of halogens is 1. The van der Waals surface area contributed by atoms with Crippen LogP contribution in [-0.2, 0) is 6.42 Å². The summed E-state index contributed by atoms with van der Waals surface area (Å²) in [6.07, 6.45) is 0.885. The van der Waals surface area contributed by atoms with Crippen molar-refractivity contribution in [2.24, 2.45) is 0 Å². The number of nitriles is 1. The molecular formula is C10H11ClN2. The molecule has 0 fully saturated rings. The Kier molecular flexibility index (Phi) is 2.90. The minimum atomic E-state index is 0.315. The van der Waals surface area contributed by atoms with Crippen LogP contribution < -0.4 is 0 Å². The maximum Gasteiger partial charge on any atom is 0.147 e. The Morgan fingerprint density at radius 3 is 2.54 bits per heavy atom. The molecule has 1 aromatic rings. The lowest BCUT2D eigenvalue weighted by molar-refractivity contribution is 1.02. The summed E-state index contributed by atoms with van der Waals surface area (Å²) in [4.78, 5) is 4.12. The SMILES string of the molecule is CCc1c(C)nc(Cl)c(C#N)c1C. The summed E-state index contributed by atoms with van der Waals surface area (Å²) in [5, 5.41) is 9.15. The van der Waals surface area contributed by atoms with Gasteiger partial charge in [-0.25, -0.2) is 4.98 Å². The Hall–Kier alpha value is -1.07. The van der Waals surface area contributed by atoms with Gasteiger partial charge < -0.3 is 0 Å². The standard InChI is InChI=1S/C10H11ClN2/c1-4-8-6(2)9(5-12)10(11)13-7(8)3/h4H2,1-3H3. The van der Waals surface area contributed by atoms with Crippen LogP contribution in [0.15, 0.2) is 0 Å². The summed E-state index contributed by atoms with van der Waals surface area (Å²) in [5.41, 5.74) is 3.51. The van der Waals surface area contributed by atoms with Crippen molar-refractivity contribution in [2.75, 3.05) is 0 Å². The fourth-order valence-corrected chi connectivity index (χ4v) is 1.81. The van der Waals surface area contributed by atoms with Gasteiger partial charge in [-0.2, -0.15) is 5.26 Å². The molecule has 0 atom stereocenters. The predicted molar refractivity (Wildman–Crippen MR) is 52.8 cm³/mol. The first-order valence-corrected chi connectivity index (χ1v) is 4.55. The molecule has 0 bridgehead atoms. The molecule has 1 heterocycles. The first-order chi connectivity index (χ1) is 6.11. The molecule has 68 valence electrons. The molecule has 13 heavy (non-hydrogen) atoms. The largest absolute Gasteiger partial charge is 0.240 e. The van der Waals surface area contributed by atoms with Crippen LogP contribution in [-0.4, -0.2) is 4.98 Å². The summed E-state index contributed by atoms with van der Waals surface area (Å²) in [6, 6.07) is 2.07. The molecule has 3 heteroatoms. The van der Waals surface area contributed by atoms with Crippen LogP contribution in [0.25, 0.3) is 0 Å². The number of nitrogens with zero attached hydrogens (tertiary/aromatic N) is 2. The highest BCUT2D eigenvalue weighted by molar-refractivity contribution is 6.30. The van der Waals surface area contributed by atoms with Gasteiger partial charge in [0, 0.05) is 5.69 Å². The maximum absolute atomic E-state index is 8.84. The lowest BCUT2D eigenvalue weighted by Crippen LogP contribution is -1.99. The molecule has 0 aliphatic heterocycles. The first-order valence-electron chi connectivity index (χ1n) is 4.17. The van der Waals surface area contributed by atoms with Crippen molar-refractivity contribution in [3.8, 4) is 6.07 Å². The van der Waals surface area contributed by atoms with Gasteiger partial charge >= 0.3 is 0 Å². The lowest BCUT2D eigenvalue weighted by atomic mass is 10.0. The molecule has 0 aliphatic rings. The van der Waals surface area contributed by atoms with E-state index in [1.165, 1.54) is 0 Å². The molecule has 0 aliphatic carbocycles. The van der Waals surface area contributed by atoms with Gasteiger partial charge in [0.1, 0.15) is 11.2 Å². The molecule has 0 spiro atoms. The summed E-state index contributed by atoms with van der Waals surface area (Å²) < 4.78 is 0. The molecule has 0 aromatic carbocycles. The highest BCUT2D eigenvalue weighted by atomic mass is 35.5. The smallest absolute Gasteiger partial charge is 0.147 e. The normalized spacial score (nSPS) is 9.77. The Balaban J connectivity index is 3.51. The van der Waals surface area contributed by atoms with Crippen LogP contribution in [0.2, 0.25) is 5.15 Å². The van der Waals surface area contributed by atoms with Crippen LogP contribution in [0.3, 0.4) is 0 Å². The van der Waals surface area contributed by atoms with Gasteiger partial charge in [0.2, 0.25) is 0 Å². The zero-order valence-corrected chi connectivity index (χ0v) is 8.74. The van der Waals surface area contributed by atoms with E-state index >= 15 is 0 Å². The van der Waals surface area contributed by atoms with Crippen LogP contribution in [0.1, 0.15) is 29.3 Å². The fourth-order valence-electron chi connectivity index (χ4n) is 1.50. The van der Waals surface area contributed by atoms with Gasteiger partial charge in [-0.1, -0.05) is 18.5 Å². The zero-order valence-electron chi connectivity index (χ0n) is 7.98. The topological polar surface area (TPSA) is 36.7 Å². The molecule has 0 N–H and O–H groups in total. The molecule has 0 unspecified atom stereocenters. The minimum absolute atomic E-state index is 0.315. The third kappa shape index (κ3) is 1.66. The number of aromatic nitrogens is 1. The van der Waals surface area contributed by atoms with E-state index < -0.39 is 0 Å². The molecule has 1 rings (SSSR count). The fraction of sp³-hybridized carbons (Fsp3) is 0.400. The predicted octanol–water partition coefficient (Wildman–Crippen LogP) is 2.79. The van der Waals surface area contributed by atoms with Crippen molar-refractivity contribution < 1.29 is 0 Å². The molecule has 2 nitrogen and oxygen atoms in total. The third-order valence-corrected chi connectivity index (χ3v) is 2.48. The maximum atomic E-state index is 8.84. The Bertz CT molecular complexity index is 377. The summed E-state index contributed by atoms with van der Waals surface area (Å²) in [5.74, 6) is 0. The number of pyridine rings is 1. The van der Waals surface area contributed by atoms with Gasteiger partial charge in [0.25, 0.3) is 0 Å². The van der Waals surface area contributed by atoms with Crippen molar-refractivity contribution >= 4 is 11.6 Å². The van der Waals surface area contributed by atoms with Crippen molar-refractivity contribution in [1.82, 2.24) is 4.98 Å². The Morgan fingerprint density at radius 2 is 2.08 bits per heavy atom. The van der Waals surface area contributed by atoms with Crippen molar-refractivity contribution in [1.29, 1.82) is 5.26 Å². The van der Waals surface area contributed by atoms with E-state index in [-0.39, 0.29) is 0 Å². The monoisotopic (exact) mass is 194 g/mol. The van der Waals surface area contributed by atoms with E-state index in [2.05, 4.69) is 11.1 Å².